The third kappa shape index (κ3) is 10.9. The van der Waals surface area contributed by atoms with E-state index in [1.165, 1.54) is 0 Å². The second-order valence-corrected chi connectivity index (χ2v) is 8.85. The van der Waals surface area contributed by atoms with Crippen LogP contribution in [0.1, 0.15) is 52.5 Å². The van der Waals surface area contributed by atoms with Crippen LogP contribution in [0.4, 0.5) is 4.79 Å². The van der Waals surface area contributed by atoms with Gasteiger partial charge in [-0.1, -0.05) is 63.9 Å². The van der Waals surface area contributed by atoms with E-state index >= 15 is 0 Å². The third-order valence-corrected chi connectivity index (χ3v) is 4.97. The van der Waals surface area contributed by atoms with Gasteiger partial charge in [0.05, 0.1) is 6.04 Å². The van der Waals surface area contributed by atoms with Crippen molar-refractivity contribution >= 4 is 23.8 Å². The van der Waals surface area contributed by atoms with Crippen molar-refractivity contribution in [3.05, 3.63) is 35.9 Å². The minimum absolute atomic E-state index is 0.0286. The molecule has 4 amide bonds. The summed E-state index contributed by atoms with van der Waals surface area (Å²) in [6.45, 7) is 7.44. The Balaban J connectivity index is 2.80. The lowest BCUT2D eigenvalue weighted by Crippen LogP contribution is -2.56. The zero-order valence-corrected chi connectivity index (χ0v) is 20.3. The second kappa shape index (κ2) is 14.6. The average Bonchev–Trinajstić information content (AvgIpc) is 2.78. The maximum atomic E-state index is 13.0. The van der Waals surface area contributed by atoms with Crippen LogP contribution in [0.5, 0.6) is 0 Å². The van der Waals surface area contributed by atoms with E-state index in [9.17, 15) is 19.2 Å². The van der Waals surface area contributed by atoms with Gasteiger partial charge in [0.1, 0.15) is 18.7 Å². The van der Waals surface area contributed by atoms with Crippen LogP contribution in [-0.2, 0) is 25.7 Å². The number of nitrogens with two attached hydrogens (primary N) is 1. The maximum absolute atomic E-state index is 13.0. The van der Waals surface area contributed by atoms with Gasteiger partial charge in [-0.05, 0) is 30.2 Å². The monoisotopic (exact) mass is 472 g/mol. The molecule has 0 radical (unpaired) electrons. The third-order valence-electron chi connectivity index (χ3n) is 4.97. The SMILES string of the molecule is C#C[C@H](CCC(N)=O)NC(=O)[C@H](CC(C)C)NC(=O)[C@@H](NC(=O)OCc1ccccc1)C(C)C. The number of terminal acetylenes is 1. The Morgan fingerprint density at radius 1 is 1.00 bits per heavy atom. The Bertz CT molecular complexity index is 864. The summed E-state index contributed by atoms with van der Waals surface area (Å²) in [6.07, 6.45) is 5.30. The molecule has 0 unspecified atom stereocenters. The fourth-order valence-electron chi connectivity index (χ4n) is 3.15. The molecule has 1 aromatic rings. The highest BCUT2D eigenvalue weighted by Crippen LogP contribution is 2.10. The average molecular weight is 473 g/mol. The van der Waals surface area contributed by atoms with Crippen molar-refractivity contribution in [2.24, 2.45) is 17.6 Å². The molecule has 9 nitrogen and oxygen atoms in total. The van der Waals surface area contributed by atoms with Gasteiger partial charge in [-0.3, -0.25) is 14.4 Å². The molecule has 1 rings (SSSR count). The van der Waals surface area contributed by atoms with E-state index in [1.54, 1.807) is 13.8 Å². The van der Waals surface area contributed by atoms with E-state index in [4.69, 9.17) is 16.9 Å². The molecule has 34 heavy (non-hydrogen) atoms. The van der Waals surface area contributed by atoms with Crippen LogP contribution in [0.15, 0.2) is 30.3 Å². The van der Waals surface area contributed by atoms with E-state index in [2.05, 4.69) is 21.9 Å². The number of carbonyl (C=O) groups excluding carboxylic acids is 4. The van der Waals surface area contributed by atoms with E-state index in [-0.39, 0.29) is 31.3 Å². The highest BCUT2D eigenvalue weighted by atomic mass is 16.5. The van der Waals surface area contributed by atoms with Gasteiger partial charge >= 0.3 is 6.09 Å². The van der Waals surface area contributed by atoms with Gasteiger partial charge in [0.15, 0.2) is 0 Å². The van der Waals surface area contributed by atoms with Crippen molar-refractivity contribution < 1.29 is 23.9 Å². The molecule has 0 aromatic heterocycles. The quantitative estimate of drug-likeness (QED) is 0.325. The number of ether oxygens (including phenoxy) is 1. The Hall–Kier alpha value is -3.54. The van der Waals surface area contributed by atoms with Crippen LogP contribution in [0.2, 0.25) is 0 Å². The summed E-state index contributed by atoms with van der Waals surface area (Å²) in [5.41, 5.74) is 5.97. The van der Waals surface area contributed by atoms with Crippen LogP contribution >= 0.6 is 0 Å². The largest absolute Gasteiger partial charge is 0.445 e. The number of nitrogens with one attached hydrogen (secondary N) is 3. The molecule has 0 aliphatic heterocycles. The summed E-state index contributed by atoms with van der Waals surface area (Å²) in [4.78, 5) is 49.2. The minimum atomic E-state index is -0.913. The Labute approximate surface area is 201 Å². The lowest BCUT2D eigenvalue weighted by Gasteiger charge is -2.26. The summed E-state index contributed by atoms with van der Waals surface area (Å²) in [5, 5.41) is 7.97. The van der Waals surface area contributed by atoms with Gasteiger partial charge in [-0.2, -0.15) is 0 Å². The minimum Gasteiger partial charge on any atom is -0.445 e. The lowest BCUT2D eigenvalue weighted by atomic mass is 9.99. The van der Waals surface area contributed by atoms with Crippen molar-refractivity contribution in [3.8, 4) is 12.3 Å². The molecule has 9 heteroatoms. The number of alkyl carbamates (subject to hydrolysis) is 1. The van der Waals surface area contributed by atoms with Crippen LogP contribution in [-0.4, -0.2) is 41.9 Å². The highest BCUT2D eigenvalue weighted by Gasteiger charge is 2.30. The fourth-order valence-corrected chi connectivity index (χ4v) is 3.15. The van der Waals surface area contributed by atoms with Gasteiger partial charge in [0.2, 0.25) is 17.7 Å². The van der Waals surface area contributed by atoms with Crippen LogP contribution in [0.25, 0.3) is 0 Å². The van der Waals surface area contributed by atoms with Crippen molar-refractivity contribution in [2.45, 2.75) is 71.7 Å². The number of primary amides is 1. The highest BCUT2D eigenvalue weighted by molar-refractivity contribution is 5.91. The molecule has 3 atom stereocenters. The van der Waals surface area contributed by atoms with E-state index < -0.39 is 41.9 Å². The van der Waals surface area contributed by atoms with E-state index in [1.807, 2.05) is 44.2 Å². The molecule has 0 aliphatic carbocycles. The number of amides is 4. The summed E-state index contributed by atoms with van der Waals surface area (Å²) in [7, 11) is 0. The van der Waals surface area contributed by atoms with Crippen molar-refractivity contribution in [3.63, 3.8) is 0 Å². The first-order chi connectivity index (χ1) is 16.0. The standard InChI is InChI=1S/C25H36N4O5/c1-6-19(12-13-21(26)30)27-23(31)20(14-16(2)3)28-24(32)22(17(4)5)29-25(33)34-15-18-10-8-7-9-11-18/h1,7-11,16-17,19-20,22H,12-15H2,2-5H3,(H2,26,30)(H,27,31)(H,28,32)(H,29,33)/t19-,20+,22+/m1/s1. The maximum Gasteiger partial charge on any atom is 0.408 e. The number of rotatable bonds is 13. The van der Waals surface area contributed by atoms with Crippen LogP contribution in [0, 0.1) is 24.2 Å². The number of benzene rings is 1. The summed E-state index contributed by atoms with van der Waals surface area (Å²) in [5.74, 6) is 0.743. The molecule has 0 bridgehead atoms. The fraction of sp³-hybridized carbons (Fsp3) is 0.520. The molecule has 0 saturated carbocycles. The molecule has 186 valence electrons. The zero-order chi connectivity index (χ0) is 25.7. The van der Waals surface area contributed by atoms with Crippen LogP contribution in [0.3, 0.4) is 0 Å². The van der Waals surface area contributed by atoms with Gasteiger partial charge in [-0.15, -0.1) is 6.42 Å². The predicted octanol–water partition coefficient (Wildman–Crippen LogP) is 1.85. The molecule has 1 aromatic carbocycles. The number of carbonyl (C=O) groups is 4. The molecular formula is C25H36N4O5. The molecule has 0 heterocycles. The van der Waals surface area contributed by atoms with Gasteiger partial charge < -0.3 is 26.4 Å². The first-order valence-corrected chi connectivity index (χ1v) is 11.4. The molecule has 0 fully saturated rings. The molecule has 5 N–H and O–H groups in total. The Kier molecular flexibility index (Phi) is 12.2. The molecular weight excluding hydrogens is 436 g/mol. The normalized spacial score (nSPS) is 13.3. The number of hydrogen-bond acceptors (Lipinski definition) is 5. The molecule has 0 spiro atoms. The van der Waals surface area contributed by atoms with Crippen molar-refractivity contribution in [1.29, 1.82) is 0 Å². The van der Waals surface area contributed by atoms with Gasteiger partial charge in [0.25, 0.3) is 0 Å². The van der Waals surface area contributed by atoms with Crippen LogP contribution < -0.4 is 21.7 Å². The zero-order valence-electron chi connectivity index (χ0n) is 20.3. The van der Waals surface area contributed by atoms with E-state index in [0.29, 0.717) is 6.42 Å². The van der Waals surface area contributed by atoms with Gasteiger partial charge in [0, 0.05) is 6.42 Å². The van der Waals surface area contributed by atoms with Gasteiger partial charge in [-0.25, -0.2) is 4.79 Å². The molecule has 0 saturated heterocycles. The Morgan fingerprint density at radius 2 is 1.65 bits per heavy atom. The summed E-state index contributed by atoms with van der Waals surface area (Å²) in [6, 6.07) is 6.68. The topological polar surface area (TPSA) is 140 Å². The first kappa shape index (κ1) is 28.5. The second-order valence-electron chi connectivity index (χ2n) is 8.85. The Morgan fingerprint density at radius 3 is 2.18 bits per heavy atom. The number of hydrogen-bond donors (Lipinski definition) is 4. The molecule has 0 aliphatic rings. The summed E-state index contributed by atoms with van der Waals surface area (Å²) < 4.78 is 5.22. The van der Waals surface area contributed by atoms with E-state index in [0.717, 1.165) is 5.56 Å². The smallest absolute Gasteiger partial charge is 0.408 e. The first-order valence-electron chi connectivity index (χ1n) is 11.4. The van der Waals surface area contributed by atoms with Crippen molar-refractivity contribution in [1.82, 2.24) is 16.0 Å². The van der Waals surface area contributed by atoms with Crippen molar-refractivity contribution in [2.75, 3.05) is 0 Å². The summed E-state index contributed by atoms with van der Waals surface area (Å²) >= 11 is 0. The predicted molar refractivity (Wildman–Crippen MR) is 129 cm³/mol. The lowest BCUT2D eigenvalue weighted by molar-refractivity contribution is -0.131.